The van der Waals surface area contributed by atoms with Crippen molar-refractivity contribution in [1.29, 1.82) is 0 Å². The summed E-state index contributed by atoms with van der Waals surface area (Å²) in [6, 6.07) is 12.7. The summed E-state index contributed by atoms with van der Waals surface area (Å²) >= 11 is 0. The number of hydrogen-bond acceptors (Lipinski definition) is 4. The number of benzene rings is 2. The van der Waals surface area contributed by atoms with Crippen LogP contribution in [0, 0.1) is 13.8 Å². The van der Waals surface area contributed by atoms with Gasteiger partial charge in [0.2, 0.25) is 0 Å². The van der Waals surface area contributed by atoms with E-state index in [1.165, 1.54) is 0 Å². The molecular weight excluding hydrogens is 388 g/mol. The lowest BCUT2D eigenvalue weighted by Gasteiger charge is -2.38. The van der Waals surface area contributed by atoms with Crippen molar-refractivity contribution in [2.75, 3.05) is 26.2 Å². The maximum absolute atomic E-state index is 12.4. The number of carbonyl (C=O) groups excluding carboxylic acids is 1. The van der Waals surface area contributed by atoms with Gasteiger partial charge >= 0.3 is 0 Å². The van der Waals surface area contributed by atoms with Crippen LogP contribution in [-0.4, -0.2) is 62.8 Å². The summed E-state index contributed by atoms with van der Waals surface area (Å²) < 4.78 is 0. The molecule has 2 aliphatic rings. The zero-order chi connectivity index (χ0) is 21.8. The van der Waals surface area contributed by atoms with Crippen molar-refractivity contribution >= 4 is 22.5 Å². The Balaban J connectivity index is 1.33. The van der Waals surface area contributed by atoms with Crippen LogP contribution in [0.25, 0.3) is 27.7 Å². The zero-order valence-corrected chi connectivity index (χ0v) is 18.1. The zero-order valence-electron chi connectivity index (χ0n) is 18.1. The average molecular weight is 417 g/mol. The smallest absolute Gasteiger partial charge is 0.254 e. The summed E-state index contributed by atoms with van der Waals surface area (Å²) in [5.41, 5.74) is 6.50. The number of para-hydroxylation sites is 1. The average Bonchev–Trinajstić information content (AvgIpc) is 3.43. The number of piperazine rings is 1. The Morgan fingerprint density at radius 3 is 2.48 bits per heavy atom. The van der Waals surface area contributed by atoms with E-state index < -0.39 is 5.60 Å². The van der Waals surface area contributed by atoms with Crippen LogP contribution in [0.4, 0.5) is 0 Å². The molecule has 3 aromatic rings. The van der Waals surface area contributed by atoms with Crippen molar-refractivity contribution < 1.29 is 9.90 Å². The number of aromatic nitrogens is 2. The molecule has 5 rings (SSSR count). The van der Waals surface area contributed by atoms with Gasteiger partial charge in [-0.05, 0) is 37.8 Å². The van der Waals surface area contributed by atoms with Crippen LogP contribution < -0.4 is 0 Å². The fourth-order valence-electron chi connectivity index (χ4n) is 4.53. The van der Waals surface area contributed by atoms with Gasteiger partial charge in [0.15, 0.2) is 0 Å². The lowest BCUT2D eigenvalue weighted by molar-refractivity contribution is -0.143. The first kappa shape index (κ1) is 19.8. The normalized spacial score (nSPS) is 17.8. The van der Waals surface area contributed by atoms with Crippen molar-refractivity contribution in [3.8, 4) is 11.1 Å². The summed E-state index contributed by atoms with van der Waals surface area (Å²) in [6.07, 6.45) is 1.19. The lowest BCUT2D eigenvalue weighted by Crippen LogP contribution is -2.51. The summed E-state index contributed by atoms with van der Waals surface area (Å²) in [5.74, 6) is -0.110. The molecule has 1 aliphatic heterocycles. The molecule has 1 aromatic heterocycles. The molecule has 1 saturated heterocycles. The summed E-state index contributed by atoms with van der Waals surface area (Å²) in [6.45, 7) is 11.2. The monoisotopic (exact) mass is 416 g/mol. The van der Waals surface area contributed by atoms with Crippen molar-refractivity contribution in [1.82, 2.24) is 20.0 Å². The van der Waals surface area contributed by atoms with Crippen LogP contribution in [0.3, 0.4) is 0 Å². The van der Waals surface area contributed by atoms with Crippen LogP contribution in [0.2, 0.25) is 0 Å². The molecule has 6 heteroatoms. The van der Waals surface area contributed by atoms with Gasteiger partial charge in [0.1, 0.15) is 11.1 Å². The van der Waals surface area contributed by atoms with E-state index in [4.69, 9.17) is 0 Å². The van der Waals surface area contributed by atoms with E-state index in [1.807, 2.05) is 6.92 Å². The Hall–Kier alpha value is -3.12. The number of hydrogen-bond donors (Lipinski definition) is 2. The standard InChI is InChI=1S/C25H28N4O2/c1-16-15-19(22-6-4-5-21-17(2)26-27-23(21)22)7-8-20(16)18(3)28-11-13-29(14-12-28)24(30)25(31)9-10-25/h4-8,15,31H,3,9-14H2,1-2H3,(H,26,27). The second-order valence-corrected chi connectivity index (χ2v) is 8.84. The van der Waals surface area contributed by atoms with E-state index in [0.29, 0.717) is 25.9 Å². The third kappa shape index (κ3) is 3.41. The summed E-state index contributed by atoms with van der Waals surface area (Å²) in [4.78, 5) is 16.4. The molecule has 2 heterocycles. The summed E-state index contributed by atoms with van der Waals surface area (Å²) in [5, 5.41) is 18.8. The predicted octanol–water partition coefficient (Wildman–Crippen LogP) is 3.49. The number of H-pyrrole nitrogens is 1. The van der Waals surface area contributed by atoms with Crippen molar-refractivity contribution in [3.63, 3.8) is 0 Å². The van der Waals surface area contributed by atoms with Crippen LogP contribution in [-0.2, 0) is 4.79 Å². The van der Waals surface area contributed by atoms with E-state index in [-0.39, 0.29) is 5.91 Å². The molecular formula is C25H28N4O2. The Kier molecular flexibility index (Phi) is 4.63. The molecule has 1 saturated carbocycles. The number of nitrogens with zero attached hydrogens (tertiary/aromatic N) is 3. The van der Waals surface area contributed by atoms with E-state index in [9.17, 15) is 9.90 Å². The molecule has 0 unspecified atom stereocenters. The molecule has 160 valence electrons. The number of aryl methyl sites for hydroxylation is 2. The quantitative estimate of drug-likeness (QED) is 0.683. The van der Waals surface area contributed by atoms with Crippen LogP contribution in [0.5, 0.6) is 0 Å². The van der Waals surface area contributed by atoms with Gasteiger partial charge in [-0.2, -0.15) is 5.10 Å². The SMILES string of the molecule is C=C(c1ccc(-c2cccc3c(C)[nH]nc23)cc1C)N1CCN(C(=O)C2(O)CC2)CC1. The molecule has 0 radical (unpaired) electrons. The maximum atomic E-state index is 12.4. The van der Waals surface area contributed by atoms with Gasteiger partial charge in [0.05, 0.1) is 0 Å². The molecule has 0 bridgehead atoms. The van der Waals surface area contributed by atoms with Crippen LogP contribution >= 0.6 is 0 Å². The van der Waals surface area contributed by atoms with E-state index >= 15 is 0 Å². The first-order chi connectivity index (χ1) is 14.9. The molecule has 0 atom stereocenters. The van der Waals surface area contributed by atoms with Gasteiger partial charge in [-0.3, -0.25) is 9.89 Å². The van der Waals surface area contributed by atoms with Crippen molar-refractivity contribution in [3.05, 3.63) is 59.8 Å². The first-order valence-electron chi connectivity index (χ1n) is 10.9. The number of aromatic amines is 1. The number of carbonyl (C=O) groups is 1. The second-order valence-electron chi connectivity index (χ2n) is 8.84. The number of rotatable bonds is 4. The highest BCUT2D eigenvalue weighted by molar-refractivity contribution is 5.95. The molecule has 0 spiro atoms. The predicted molar refractivity (Wildman–Crippen MR) is 122 cm³/mol. The van der Waals surface area contributed by atoms with Crippen LogP contribution in [0.15, 0.2) is 43.0 Å². The fraction of sp³-hybridized carbons (Fsp3) is 0.360. The van der Waals surface area contributed by atoms with Gasteiger partial charge < -0.3 is 14.9 Å². The minimum atomic E-state index is -1.08. The maximum Gasteiger partial charge on any atom is 0.254 e. The highest BCUT2D eigenvalue weighted by Crippen LogP contribution is 2.37. The molecule has 31 heavy (non-hydrogen) atoms. The molecule has 2 fully saturated rings. The Morgan fingerprint density at radius 1 is 1.10 bits per heavy atom. The number of aliphatic hydroxyl groups is 1. The van der Waals surface area contributed by atoms with Crippen LogP contribution in [0.1, 0.15) is 29.7 Å². The van der Waals surface area contributed by atoms with Crippen molar-refractivity contribution in [2.24, 2.45) is 0 Å². The molecule has 6 nitrogen and oxygen atoms in total. The van der Waals surface area contributed by atoms with E-state index in [0.717, 1.165) is 57.6 Å². The molecule has 2 N–H and O–H groups in total. The molecule has 1 amide bonds. The van der Waals surface area contributed by atoms with Crippen molar-refractivity contribution in [2.45, 2.75) is 32.3 Å². The van der Waals surface area contributed by atoms with E-state index in [2.05, 4.69) is 65.0 Å². The van der Waals surface area contributed by atoms with Gasteiger partial charge in [-0.25, -0.2) is 0 Å². The van der Waals surface area contributed by atoms with Gasteiger partial charge in [0.25, 0.3) is 5.91 Å². The van der Waals surface area contributed by atoms with Gasteiger partial charge in [-0.15, -0.1) is 0 Å². The Bertz CT molecular complexity index is 1180. The second kappa shape index (κ2) is 7.24. The molecule has 1 aliphatic carbocycles. The van der Waals surface area contributed by atoms with Gasteiger partial charge in [-0.1, -0.05) is 43.0 Å². The van der Waals surface area contributed by atoms with E-state index in [1.54, 1.807) is 4.90 Å². The Morgan fingerprint density at radius 2 is 1.81 bits per heavy atom. The van der Waals surface area contributed by atoms with Gasteiger partial charge in [0, 0.05) is 54.1 Å². The first-order valence-corrected chi connectivity index (χ1v) is 10.9. The Labute approximate surface area is 182 Å². The number of amides is 1. The third-order valence-corrected chi connectivity index (χ3v) is 6.69. The highest BCUT2D eigenvalue weighted by atomic mass is 16.3. The third-order valence-electron chi connectivity index (χ3n) is 6.69. The lowest BCUT2D eigenvalue weighted by atomic mass is 9.96. The highest BCUT2D eigenvalue weighted by Gasteiger charge is 2.50. The minimum Gasteiger partial charge on any atom is -0.380 e. The topological polar surface area (TPSA) is 72.5 Å². The fourth-order valence-corrected chi connectivity index (χ4v) is 4.53. The number of fused-ring (bicyclic) bond motifs is 1. The molecule has 2 aromatic carbocycles. The summed E-state index contributed by atoms with van der Waals surface area (Å²) in [7, 11) is 0. The largest absolute Gasteiger partial charge is 0.380 e. The minimum absolute atomic E-state index is 0.110. The number of nitrogens with one attached hydrogen (secondary N) is 1.